The van der Waals surface area contributed by atoms with Gasteiger partial charge in [-0.2, -0.15) is 0 Å². The van der Waals surface area contributed by atoms with Gasteiger partial charge in [-0.15, -0.1) is 0 Å². The number of hydrogen-bond donors (Lipinski definition) is 0. The van der Waals surface area contributed by atoms with E-state index in [9.17, 15) is 0 Å². The Kier molecular flexibility index (Phi) is 1.73. The third-order valence-electron chi connectivity index (χ3n) is 2.26. The van der Waals surface area contributed by atoms with Gasteiger partial charge in [0.2, 0.25) is 6.79 Å². The quantitative estimate of drug-likeness (QED) is 0.642. The number of aromatic nitrogens is 2. The Morgan fingerprint density at radius 3 is 2.73 bits per heavy atom. The molecule has 0 radical (unpaired) electrons. The Balaban J connectivity index is 2.38. The van der Waals surface area contributed by atoms with E-state index in [-0.39, 0.29) is 6.79 Å². The molecule has 1 aromatic carbocycles. The first-order valence-corrected chi connectivity index (χ1v) is 4.85. The number of hydrogen-bond acceptors (Lipinski definition) is 4. The third kappa shape index (κ3) is 1.29. The lowest BCUT2D eigenvalue weighted by molar-refractivity contribution is 0.174. The van der Waals surface area contributed by atoms with E-state index in [1.54, 1.807) is 13.0 Å². The first-order valence-electron chi connectivity index (χ1n) is 4.47. The average Bonchev–Trinajstić information content (AvgIpc) is 2.61. The maximum atomic E-state index is 6.02. The Bertz CT molecular complexity index is 557. The van der Waals surface area contributed by atoms with Gasteiger partial charge in [-0.25, -0.2) is 9.97 Å². The molecule has 0 saturated carbocycles. The summed E-state index contributed by atoms with van der Waals surface area (Å²) in [6.07, 6.45) is 0. The van der Waals surface area contributed by atoms with E-state index >= 15 is 0 Å². The zero-order valence-electron chi connectivity index (χ0n) is 7.95. The molecule has 2 heterocycles. The van der Waals surface area contributed by atoms with Gasteiger partial charge in [-0.3, -0.25) is 0 Å². The van der Waals surface area contributed by atoms with Crippen molar-refractivity contribution in [3.05, 3.63) is 23.1 Å². The second kappa shape index (κ2) is 2.97. The lowest BCUT2D eigenvalue weighted by Crippen LogP contribution is -1.92. The minimum atomic E-state index is 0.246. The summed E-state index contributed by atoms with van der Waals surface area (Å²) in [5.74, 6) is 2.04. The van der Waals surface area contributed by atoms with Gasteiger partial charge >= 0.3 is 0 Å². The summed E-state index contributed by atoms with van der Waals surface area (Å²) in [6, 6.07) is 3.62. The molecule has 5 heteroatoms. The number of halogens is 1. The topological polar surface area (TPSA) is 44.2 Å². The normalized spacial score (nSPS) is 13.5. The van der Waals surface area contributed by atoms with Crippen molar-refractivity contribution in [3.8, 4) is 11.5 Å². The molecule has 0 saturated heterocycles. The predicted molar refractivity (Wildman–Crippen MR) is 55.4 cm³/mol. The van der Waals surface area contributed by atoms with E-state index in [0.717, 1.165) is 10.9 Å². The zero-order valence-corrected chi connectivity index (χ0v) is 8.71. The van der Waals surface area contributed by atoms with Crippen LogP contribution in [0.1, 0.15) is 5.82 Å². The van der Waals surface area contributed by atoms with Gasteiger partial charge in [0.05, 0.1) is 5.52 Å². The maximum Gasteiger partial charge on any atom is 0.231 e. The van der Waals surface area contributed by atoms with Crippen molar-refractivity contribution in [1.29, 1.82) is 0 Å². The molecule has 0 amide bonds. The molecule has 1 aliphatic heterocycles. The minimum absolute atomic E-state index is 0.246. The predicted octanol–water partition coefficient (Wildman–Crippen LogP) is 2.32. The lowest BCUT2D eigenvalue weighted by atomic mass is 10.2. The molecule has 0 N–H and O–H groups in total. The summed E-state index contributed by atoms with van der Waals surface area (Å²) in [5, 5.41) is 1.22. The number of ether oxygens (including phenoxy) is 2. The molecule has 0 aliphatic carbocycles. The number of rotatable bonds is 0. The van der Waals surface area contributed by atoms with Gasteiger partial charge in [0.15, 0.2) is 11.5 Å². The van der Waals surface area contributed by atoms with Crippen molar-refractivity contribution < 1.29 is 9.47 Å². The van der Waals surface area contributed by atoms with Crippen molar-refractivity contribution in [1.82, 2.24) is 9.97 Å². The highest BCUT2D eigenvalue weighted by atomic mass is 35.5. The molecule has 0 fully saturated rings. The van der Waals surface area contributed by atoms with Gasteiger partial charge in [-0.1, -0.05) is 11.6 Å². The van der Waals surface area contributed by atoms with E-state index in [2.05, 4.69) is 9.97 Å². The Morgan fingerprint density at radius 2 is 1.93 bits per heavy atom. The molecule has 1 aromatic heterocycles. The molecule has 2 aromatic rings. The van der Waals surface area contributed by atoms with E-state index < -0.39 is 0 Å². The van der Waals surface area contributed by atoms with Crippen LogP contribution in [-0.4, -0.2) is 16.8 Å². The van der Waals surface area contributed by atoms with Gasteiger partial charge < -0.3 is 9.47 Å². The van der Waals surface area contributed by atoms with Gasteiger partial charge in [0.25, 0.3) is 0 Å². The standard InChI is InChI=1S/C10H7ClN2O2/c1-5-12-7-3-9-8(14-4-15-9)2-6(7)10(11)13-5/h2-3H,4H2,1H3. The molecule has 15 heavy (non-hydrogen) atoms. The fourth-order valence-corrected chi connectivity index (χ4v) is 1.86. The van der Waals surface area contributed by atoms with Crippen LogP contribution in [0.25, 0.3) is 10.9 Å². The van der Waals surface area contributed by atoms with E-state index in [1.807, 2.05) is 6.07 Å². The van der Waals surface area contributed by atoms with Crippen LogP contribution < -0.4 is 9.47 Å². The van der Waals surface area contributed by atoms with Crippen LogP contribution in [0.4, 0.5) is 0 Å². The summed E-state index contributed by atoms with van der Waals surface area (Å²) in [6.45, 7) is 2.05. The second-order valence-electron chi connectivity index (χ2n) is 3.28. The number of nitrogens with zero attached hydrogens (tertiary/aromatic N) is 2. The molecule has 1 aliphatic rings. The van der Waals surface area contributed by atoms with Crippen LogP contribution in [0.5, 0.6) is 11.5 Å². The van der Waals surface area contributed by atoms with Crippen molar-refractivity contribution >= 4 is 22.5 Å². The second-order valence-corrected chi connectivity index (χ2v) is 3.64. The van der Waals surface area contributed by atoms with Crippen molar-refractivity contribution in [2.75, 3.05) is 6.79 Å². The van der Waals surface area contributed by atoms with Crippen LogP contribution in [0.3, 0.4) is 0 Å². The third-order valence-corrected chi connectivity index (χ3v) is 2.54. The average molecular weight is 223 g/mol. The fourth-order valence-electron chi connectivity index (χ4n) is 1.59. The summed E-state index contributed by atoms with van der Waals surface area (Å²) < 4.78 is 10.5. The molecule has 3 rings (SSSR count). The van der Waals surface area contributed by atoms with Crippen LogP contribution in [0.15, 0.2) is 12.1 Å². The molecule has 0 atom stereocenters. The van der Waals surface area contributed by atoms with Crippen molar-refractivity contribution in [3.63, 3.8) is 0 Å². The summed E-state index contributed by atoms with van der Waals surface area (Å²) in [4.78, 5) is 8.37. The maximum absolute atomic E-state index is 6.02. The number of benzene rings is 1. The van der Waals surface area contributed by atoms with E-state index in [0.29, 0.717) is 22.5 Å². The summed E-state index contributed by atoms with van der Waals surface area (Å²) >= 11 is 6.02. The van der Waals surface area contributed by atoms with Crippen molar-refractivity contribution in [2.24, 2.45) is 0 Å². The Hall–Kier alpha value is -1.55. The smallest absolute Gasteiger partial charge is 0.231 e. The van der Waals surface area contributed by atoms with E-state index in [4.69, 9.17) is 21.1 Å². The summed E-state index contributed by atoms with van der Waals surface area (Å²) in [7, 11) is 0. The van der Waals surface area contributed by atoms with Gasteiger partial charge in [0, 0.05) is 11.5 Å². The molecule has 0 unspecified atom stereocenters. The fraction of sp³-hybridized carbons (Fsp3) is 0.200. The van der Waals surface area contributed by atoms with Crippen LogP contribution in [-0.2, 0) is 0 Å². The summed E-state index contributed by atoms with van der Waals surface area (Å²) in [5.41, 5.74) is 0.775. The van der Waals surface area contributed by atoms with Crippen molar-refractivity contribution in [2.45, 2.75) is 6.92 Å². The van der Waals surface area contributed by atoms with Crippen LogP contribution in [0, 0.1) is 6.92 Å². The number of fused-ring (bicyclic) bond motifs is 2. The Labute approximate surface area is 90.8 Å². The zero-order chi connectivity index (χ0) is 10.4. The first kappa shape index (κ1) is 8.73. The highest BCUT2D eigenvalue weighted by molar-refractivity contribution is 6.34. The highest BCUT2D eigenvalue weighted by Gasteiger charge is 2.16. The SMILES string of the molecule is Cc1nc(Cl)c2cc3c(cc2n1)OCO3. The monoisotopic (exact) mass is 222 g/mol. The molecular formula is C10H7ClN2O2. The first-order chi connectivity index (χ1) is 7.24. The molecule has 76 valence electrons. The minimum Gasteiger partial charge on any atom is -0.454 e. The molecule has 0 bridgehead atoms. The highest BCUT2D eigenvalue weighted by Crippen LogP contribution is 2.37. The number of aryl methyl sites for hydroxylation is 1. The molecular weight excluding hydrogens is 216 g/mol. The lowest BCUT2D eigenvalue weighted by Gasteiger charge is -2.02. The molecule has 0 spiro atoms. The van der Waals surface area contributed by atoms with Crippen LogP contribution >= 0.6 is 11.6 Å². The van der Waals surface area contributed by atoms with Gasteiger partial charge in [-0.05, 0) is 13.0 Å². The van der Waals surface area contributed by atoms with Crippen LogP contribution in [0.2, 0.25) is 5.15 Å². The van der Waals surface area contributed by atoms with Gasteiger partial charge in [0.1, 0.15) is 11.0 Å². The Morgan fingerprint density at radius 1 is 1.20 bits per heavy atom. The van der Waals surface area contributed by atoms with E-state index in [1.165, 1.54) is 0 Å². The molecule has 4 nitrogen and oxygen atoms in total. The largest absolute Gasteiger partial charge is 0.454 e.